The van der Waals surface area contributed by atoms with Crippen molar-refractivity contribution in [3.63, 3.8) is 0 Å². The molecule has 0 aliphatic heterocycles. The van der Waals surface area contributed by atoms with Crippen molar-refractivity contribution in [1.29, 1.82) is 0 Å². The van der Waals surface area contributed by atoms with Crippen molar-refractivity contribution in [3.05, 3.63) is 29.8 Å². The lowest BCUT2D eigenvalue weighted by Gasteiger charge is -2.14. The van der Waals surface area contributed by atoms with Crippen molar-refractivity contribution in [3.8, 4) is 0 Å². The van der Waals surface area contributed by atoms with Crippen LogP contribution in [0.15, 0.2) is 29.2 Å². The van der Waals surface area contributed by atoms with Crippen LogP contribution in [0, 0.1) is 5.92 Å². The highest BCUT2D eigenvalue weighted by atomic mass is 32.2. The molecule has 2 rings (SSSR count). The van der Waals surface area contributed by atoms with Gasteiger partial charge in [0, 0.05) is 32.8 Å². The molecule has 0 saturated heterocycles. The van der Waals surface area contributed by atoms with Crippen LogP contribution >= 0.6 is 0 Å². The van der Waals surface area contributed by atoms with Gasteiger partial charge in [-0.25, -0.2) is 13.1 Å². The van der Waals surface area contributed by atoms with Crippen molar-refractivity contribution in [2.75, 3.05) is 20.3 Å². The summed E-state index contributed by atoms with van der Waals surface area (Å²) in [7, 11) is -1.86. The molecule has 0 spiro atoms. The first-order valence-electron chi connectivity index (χ1n) is 7.33. The van der Waals surface area contributed by atoms with Crippen LogP contribution in [0.25, 0.3) is 0 Å². The fraction of sp³-hybridized carbons (Fsp3) is 0.600. The molecule has 5 nitrogen and oxygen atoms in total. The van der Waals surface area contributed by atoms with E-state index in [9.17, 15) is 8.42 Å². The summed E-state index contributed by atoms with van der Waals surface area (Å²) in [5, 5.41) is 3.36. The van der Waals surface area contributed by atoms with Gasteiger partial charge in [-0.1, -0.05) is 25.1 Å². The Balaban J connectivity index is 2.03. The first kappa shape index (κ1) is 16.4. The van der Waals surface area contributed by atoms with Crippen LogP contribution in [-0.2, 0) is 21.3 Å². The van der Waals surface area contributed by atoms with Gasteiger partial charge < -0.3 is 10.1 Å². The summed E-state index contributed by atoms with van der Waals surface area (Å²) in [5.41, 5.74) is 0.816. The van der Waals surface area contributed by atoms with E-state index in [2.05, 4.69) is 10.0 Å². The molecule has 21 heavy (non-hydrogen) atoms. The second kappa shape index (κ2) is 7.35. The number of sulfonamides is 1. The molecule has 118 valence electrons. The summed E-state index contributed by atoms with van der Waals surface area (Å²) in [5.74, 6) is 0.140. The maximum absolute atomic E-state index is 12.4. The van der Waals surface area contributed by atoms with Gasteiger partial charge in [0.25, 0.3) is 0 Å². The first-order chi connectivity index (χ1) is 10.0. The van der Waals surface area contributed by atoms with E-state index in [1.165, 1.54) is 12.8 Å². The largest absolute Gasteiger partial charge is 0.384 e. The van der Waals surface area contributed by atoms with Gasteiger partial charge in [0.2, 0.25) is 10.0 Å². The zero-order valence-corrected chi connectivity index (χ0v) is 13.4. The van der Waals surface area contributed by atoms with Gasteiger partial charge in [0.1, 0.15) is 0 Å². The van der Waals surface area contributed by atoms with Crippen LogP contribution in [0.5, 0.6) is 0 Å². The summed E-state index contributed by atoms with van der Waals surface area (Å²) < 4.78 is 32.6. The van der Waals surface area contributed by atoms with Gasteiger partial charge in [-0.2, -0.15) is 0 Å². The highest BCUT2D eigenvalue weighted by Crippen LogP contribution is 2.21. The molecule has 2 N–H and O–H groups in total. The third-order valence-electron chi connectivity index (χ3n) is 3.49. The molecule has 0 radical (unpaired) electrons. The maximum Gasteiger partial charge on any atom is 0.240 e. The van der Waals surface area contributed by atoms with E-state index >= 15 is 0 Å². The molecule has 1 fully saturated rings. The highest BCUT2D eigenvalue weighted by Gasteiger charge is 2.23. The van der Waals surface area contributed by atoms with Crippen LogP contribution in [0.1, 0.15) is 25.3 Å². The lowest BCUT2D eigenvalue weighted by molar-refractivity contribution is 0.161. The zero-order chi connectivity index (χ0) is 15.3. The average molecular weight is 312 g/mol. The Hall–Kier alpha value is -0.950. The van der Waals surface area contributed by atoms with E-state index < -0.39 is 10.0 Å². The molecule has 1 aliphatic rings. The standard InChI is InChI=1S/C15H24N2O3S/c1-12(11-20-2)9-17-21(18,19)15-6-4-3-5-13(15)10-16-14-7-8-14/h3-6,12,14,16-17H,7-11H2,1-2H3. The third kappa shape index (κ3) is 5.07. The molecule has 1 unspecified atom stereocenters. The van der Waals surface area contributed by atoms with Crippen molar-refractivity contribution < 1.29 is 13.2 Å². The van der Waals surface area contributed by atoms with Crippen LogP contribution in [0.3, 0.4) is 0 Å². The zero-order valence-electron chi connectivity index (χ0n) is 12.6. The molecule has 1 saturated carbocycles. The summed E-state index contributed by atoms with van der Waals surface area (Å²) in [6.45, 7) is 3.45. The molecule has 1 aromatic carbocycles. The van der Waals surface area contributed by atoms with Gasteiger partial charge in [0.15, 0.2) is 0 Å². The highest BCUT2D eigenvalue weighted by molar-refractivity contribution is 7.89. The average Bonchev–Trinajstić information content (AvgIpc) is 3.28. The minimum atomic E-state index is -3.48. The number of methoxy groups -OCH3 is 1. The minimum Gasteiger partial charge on any atom is -0.384 e. The predicted molar refractivity (Wildman–Crippen MR) is 82.5 cm³/mol. The number of hydrogen-bond donors (Lipinski definition) is 2. The first-order valence-corrected chi connectivity index (χ1v) is 8.81. The monoisotopic (exact) mass is 312 g/mol. The Morgan fingerprint density at radius 2 is 2.05 bits per heavy atom. The molecule has 6 heteroatoms. The Labute approximate surface area is 127 Å². The van der Waals surface area contributed by atoms with Crippen LogP contribution in [0.4, 0.5) is 0 Å². The fourth-order valence-corrected chi connectivity index (χ4v) is 3.53. The van der Waals surface area contributed by atoms with Crippen molar-refractivity contribution in [2.24, 2.45) is 5.92 Å². The fourth-order valence-electron chi connectivity index (χ4n) is 2.13. The predicted octanol–water partition coefficient (Wildman–Crippen LogP) is 1.50. The number of rotatable bonds is 9. The van der Waals surface area contributed by atoms with Gasteiger partial charge in [0.05, 0.1) is 4.90 Å². The van der Waals surface area contributed by atoms with E-state index in [1.54, 1.807) is 19.2 Å². The number of benzene rings is 1. The van der Waals surface area contributed by atoms with E-state index in [1.807, 2.05) is 19.1 Å². The summed E-state index contributed by atoms with van der Waals surface area (Å²) >= 11 is 0. The molecular formula is C15H24N2O3S. The topological polar surface area (TPSA) is 67.4 Å². The van der Waals surface area contributed by atoms with Gasteiger partial charge in [-0.3, -0.25) is 0 Å². The molecule has 0 heterocycles. The van der Waals surface area contributed by atoms with E-state index in [4.69, 9.17) is 4.74 Å². The molecule has 1 aliphatic carbocycles. The summed E-state index contributed by atoms with van der Waals surface area (Å²) in [6.07, 6.45) is 2.36. The van der Waals surface area contributed by atoms with Gasteiger partial charge >= 0.3 is 0 Å². The molecular weight excluding hydrogens is 288 g/mol. The van der Waals surface area contributed by atoms with Crippen molar-refractivity contribution in [2.45, 2.75) is 37.2 Å². The molecule has 0 amide bonds. The van der Waals surface area contributed by atoms with Gasteiger partial charge in [-0.05, 0) is 30.4 Å². The molecule has 0 aromatic heterocycles. The molecule has 1 atom stereocenters. The Morgan fingerprint density at radius 1 is 1.33 bits per heavy atom. The number of nitrogens with one attached hydrogen (secondary N) is 2. The Kier molecular flexibility index (Phi) is 5.75. The number of ether oxygens (including phenoxy) is 1. The normalized spacial score (nSPS) is 16.9. The lowest BCUT2D eigenvalue weighted by Crippen LogP contribution is -2.31. The molecule has 1 aromatic rings. The van der Waals surface area contributed by atoms with E-state index in [0.29, 0.717) is 30.6 Å². The summed E-state index contributed by atoms with van der Waals surface area (Å²) in [6, 6.07) is 7.70. The minimum absolute atomic E-state index is 0.140. The second-order valence-corrected chi connectivity index (χ2v) is 7.41. The van der Waals surface area contributed by atoms with Gasteiger partial charge in [-0.15, -0.1) is 0 Å². The van der Waals surface area contributed by atoms with Crippen molar-refractivity contribution >= 4 is 10.0 Å². The van der Waals surface area contributed by atoms with Crippen LogP contribution < -0.4 is 10.0 Å². The van der Waals surface area contributed by atoms with E-state index in [0.717, 1.165) is 5.56 Å². The maximum atomic E-state index is 12.4. The lowest BCUT2D eigenvalue weighted by atomic mass is 10.2. The summed E-state index contributed by atoms with van der Waals surface area (Å²) in [4.78, 5) is 0.364. The van der Waals surface area contributed by atoms with E-state index in [-0.39, 0.29) is 5.92 Å². The Bertz CT molecular complexity index is 556. The Morgan fingerprint density at radius 3 is 2.71 bits per heavy atom. The second-order valence-electron chi connectivity index (χ2n) is 5.68. The molecule has 0 bridgehead atoms. The smallest absolute Gasteiger partial charge is 0.240 e. The van der Waals surface area contributed by atoms with Crippen molar-refractivity contribution in [1.82, 2.24) is 10.0 Å². The number of hydrogen-bond acceptors (Lipinski definition) is 4. The quantitative estimate of drug-likeness (QED) is 0.725. The van der Waals surface area contributed by atoms with Crippen LogP contribution in [0.2, 0.25) is 0 Å². The third-order valence-corrected chi connectivity index (χ3v) is 5.02. The van der Waals surface area contributed by atoms with Crippen LogP contribution in [-0.4, -0.2) is 34.7 Å². The SMILES string of the molecule is COCC(C)CNS(=O)(=O)c1ccccc1CNC1CC1.